The van der Waals surface area contributed by atoms with Gasteiger partial charge in [-0.15, -0.1) is 0 Å². The number of ether oxygens (including phenoxy) is 2. The van der Waals surface area contributed by atoms with Gasteiger partial charge in [-0.05, 0) is 42.5 Å². The van der Waals surface area contributed by atoms with Gasteiger partial charge in [0.25, 0.3) is 5.56 Å². The van der Waals surface area contributed by atoms with Gasteiger partial charge in [-0.25, -0.2) is 9.37 Å². The summed E-state index contributed by atoms with van der Waals surface area (Å²) in [5.41, 5.74) is 0.529. The van der Waals surface area contributed by atoms with E-state index in [0.717, 1.165) is 4.68 Å². The molecule has 0 radical (unpaired) electrons. The van der Waals surface area contributed by atoms with E-state index in [1.54, 1.807) is 67.8 Å². The minimum atomic E-state index is -0.606. The Morgan fingerprint density at radius 3 is 2.62 bits per heavy atom. The third-order valence-corrected chi connectivity index (χ3v) is 6.58. The number of fused-ring (bicyclic) bond motifs is 2. The van der Waals surface area contributed by atoms with E-state index in [1.165, 1.54) is 36.5 Å². The summed E-state index contributed by atoms with van der Waals surface area (Å²) < 4.78 is 32.5. The Balaban J connectivity index is 1.49. The maximum atomic E-state index is 14.2. The molecule has 0 unspecified atom stereocenters. The van der Waals surface area contributed by atoms with E-state index in [1.807, 2.05) is 0 Å². The number of halogens is 1. The summed E-state index contributed by atoms with van der Waals surface area (Å²) in [6.45, 7) is -0.262. The van der Waals surface area contributed by atoms with Gasteiger partial charge in [-0.3, -0.25) is 14.9 Å². The van der Waals surface area contributed by atoms with Gasteiger partial charge >= 0.3 is 5.69 Å². The van der Waals surface area contributed by atoms with Gasteiger partial charge in [0.2, 0.25) is 11.6 Å². The van der Waals surface area contributed by atoms with Crippen LogP contribution in [0.2, 0.25) is 0 Å². The predicted octanol–water partition coefficient (Wildman–Crippen LogP) is 6.33. The summed E-state index contributed by atoms with van der Waals surface area (Å²) in [7, 11) is 1.54. The van der Waals surface area contributed by atoms with E-state index in [2.05, 4.69) is 10.1 Å². The second-order valence-electron chi connectivity index (χ2n) is 9.13. The van der Waals surface area contributed by atoms with Crippen molar-refractivity contribution in [1.82, 2.24) is 9.66 Å². The number of hydrogen-bond acceptors (Lipinski definition) is 8. The van der Waals surface area contributed by atoms with Crippen LogP contribution in [0.4, 0.5) is 10.1 Å². The van der Waals surface area contributed by atoms with Crippen LogP contribution in [0.5, 0.6) is 11.5 Å². The fourth-order valence-electron chi connectivity index (χ4n) is 4.54. The minimum Gasteiger partial charge on any atom is -0.496 e. The molecule has 0 aliphatic heterocycles. The van der Waals surface area contributed by atoms with Crippen LogP contribution in [-0.2, 0) is 6.61 Å². The summed E-state index contributed by atoms with van der Waals surface area (Å²) in [5.74, 6) is 0.296. The highest BCUT2D eigenvalue weighted by molar-refractivity contribution is 5.89. The highest BCUT2D eigenvalue weighted by Gasteiger charge is 2.21. The third kappa shape index (κ3) is 4.83. The number of methoxy groups -OCH3 is 1. The quantitative estimate of drug-likeness (QED) is 0.120. The molecule has 6 rings (SSSR count). The monoisotopic (exact) mass is 564 g/mol. The number of para-hydroxylation sites is 2. The number of furan rings is 1. The highest BCUT2D eigenvalue weighted by atomic mass is 19.1. The van der Waals surface area contributed by atoms with Crippen molar-refractivity contribution < 1.29 is 23.2 Å². The second kappa shape index (κ2) is 11.0. The van der Waals surface area contributed by atoms with Gasteiger partial charge in [0.15, 0.2) is 5.76 Å². The zero-order valence-electron chi connectivity index (χ0n) is 22.1. The maximum Gasteiger partial charge on any atom is 0.311 e. The molecule has 0 aliphatic rings. The Morgan fingerprint density at radius 1 is 1.02 bits per heavy atom. The SMILES string of the molecule is COc1cccc2oc(-c3nc4ccccc4c(=O)n3N=Cc3cccc([N+](=O)[O-])c3OCc3ccccc3F)cc12. The number of nitrogens with zero attached hydrogens (tertiary/aromatic N) is 4. The molecular formula is C31H21FN4O6. The number of nitro groups is 1. The zero-order chi connectivity index (χ0) is 29.2. The Hall–Kier alpha value is -5.84. The minimum absolute atomic E-state index is 0.104. The van der Waals surface area contributed by atoms with Crippen molar-refractivity contribution in [2.75, 3.05) is 7.11 Å². The Morgan fingerprint density at radius 2 is 1.81 bits per heavy atom. The molecule has 0 aliphatic carbocycles. The molecule has 0 saturated heterocycles. The van der Waals surface area contributed by atoms with Crippen molar-refractivity contribution in [3.8, 4) is 23.1 Å². The third-order valence-electron chi connectivity index (χ3n) is 6.58. The Kier molecular flexibility index (Phi) is 6.89. The molecule has 10 nitrogen and oxygen atoms in total. The summed E-state index contributed by atoms with van der Waals surface area (Å²) in [6.07, 6.45) is 1.26. The maximum absolute atomic E-state index is 14.2. The molecule has 0 atom stereocenters. The van der Waals surface area contributed by atoms with Crippen molar-refractivity contribution in [2.24, 2.45) is 5.10 Å². The van der Waals surface area contributed by atoms with Crippen LogP contribution in [0.25, 0.3) is 33.5 Å². The van der Waals surface area contributed by atoms with Crippen molar-refractivity contribution >= 4 is 33.8 Å². The molecule has 0 bridgehead atoms. The van der Waals surface area contributed by atoms with Crippen LogP contribution >= 0.6 is 0 Å². The lowest BCUT2D eigenvalue weighted by molar-refractivity contribution is -0.386. The molecule has 11 heteroatoms. The first-order chi connectivity index (χ1) is 20.4. The topological polar surface area (TPSA) is 122 Å². The molecule has 4 aromatic carbocycles. The molecule has 0 fully saturated rings. The van der Waals surface area contributed by atoms with E-state index in [0.29, 0.717) is 27.6 Å². The number of benzene rings is 4. The standard InChI is InChI=1S/C31H21FN4O6/c1-40-26-14-7-15-27-22(26)16-28(42-27)30-34-24-12-5-3-10-21(24)31(37)35(30)33-17-19-9-6-13-25(36(38)39)29(19)41-18-20-8-2-4-11-23(20)32/h2-17H,18H2,1H3. The van der Waals surface area contributed by atoms with Gasteiger partial charge in [-0.2, -0.15) is 9.78 Å². The number of rotatable bonds is 8. The summed E-state index contributed by atoms with van der Waals surface area (Å²) in [4.78, 5) is 29.5. The first-order valence-electron chi connectivity index (χ1n) is 12.7. The molecule has 2 aromatic heterocycles. The second-order valence-corrected chi connectivity index (χ2v) is 9.13. The van der Waals surface area contributed by atoms with Crippen LogP contribution in [0, 0.1) is 15.9 Å². The van der Waals surface area contributed by atoms with Crippen molar-refractivity contribution in [3.63, 3.8) is 0 Å². The van der Waals surface area contributed by atoms with Gasteiger partial charge in [0, 0.05) is 17.2 Å². The summed E-state index contributed by atoms with van der Waals surface area (Å²) >= 11 is 0. The van der Waals surface area contributed by atoms with Crippen molar-refractivity contribution in [1.29, 1.82) is 0 Å². The van der Waals surface area contributed by atoms with Crippen molar-refractivity contribution in [3.05, 3.63) is 128 Å². The van der Waals surface area contributed by atoms with Crippen LogP contribution in [0.15, 0.2) is 105 Å². The average Bonchev–Trinajstić information content (AvgIpc) is 3.45. The zero-order valence-corrected chi connectivity index (χ0v) is 22.1. The van der Waals surface area contributed by atoms with Gasteiger partial charge in [0.1, 0.15) is 23.8 Å². The molecule has 2 heterocycles. The normalized spacial score (nSPS) is 11.4. The largest absolute Gasteiger partial charge is 0.496 e. The molecule has 0 amide bonds. The highest BCUT2D eigenvalue weighted by Crippen LogP contribution is 2.34. The van der Waals surface area contributed by atoms with Crippen LogP contribution in [-0.4, -0.2) is 27.9 Å². The van der Waals surface area contributed by atoms with Gasteiger partial charge in [-0.1, -0.05) is 42.5 Å². The van der Waals surface area contributed by atoms with E-state index >= 15 is 0 Å². The fourth-order valence-corrected chi connectivity index (χ4v) is 4.54. The molecule has 0 saturated carbocycles. The summed E-state index contributed by atoms with van der Waals surface area (Å²) in [5, 5.41) is 17.2. The molecule has 6 aromatic rings. The number of aromatic nitrogens is 2. The molecule has 0 spiro atoms. The molecule has 0 N–H and O–H groups in total. The number of nitro benzene ring substituents is 1. The molecular weight excluding hydrogens is 543 g/mol. The van der Waals surface area contributed by atoms with Crippen LogP contribution in [0.3, 0.4) is 0 Å². The Labute approximate surface area is 237 Å². The lowest BCUT2D eigenvalue weighted by Gasteiger charge is -2.11. The smallest absolute Gasteiger partial charge is 0.311 e. The van der Waals surface area contributed by atoms with E-state index in [4.69, 9.17) is 13.9 Å². The lowest BCUT2D eigenvalue weighted by atomic mass is 10.2. The van der Waals surface area contributed by atoms with Crippen LogP contribution < -0.4 is 15.0 Å². The lowest BCUT2D eigenvalue weighted by Crippen LogP contribution is -2.20. The van der Waals surface area contributed by atoms with E-state index in [-0.39, 0.29) is 40.8 Å². The Bertz CT molecular complexity index is 2070. The van der Waals surface area contributed by atoms with E-state index < -0.39 is 16.3 Å². The number of hydrogen-bond donors (Lipinski definition) is 0. The van der Waals surface area contributed by atoms with Crippen molar-refractivity contribution in [2.45, 2.75) is 6.61 Å². The summed E-state index contributed by atoms with van der Waals surface area (Å²) in [6, 6.07) is 24.1. The first-order valence-corrected chi connectivity index (χ1v) is 12.7. The first kappa shape index (κ1) is 26.4. The molecule has 42 heavy (non-hydrogen) atoms. The fraction of sp³-hybridized carbons (Fsp3) is 0.0645. The average molecular weight is 565 g/mol. The molecule has 208 valence electrons. The van der Waals surface area contributed by atoms with Gasteiger partial charge < -0.3 is 13.9 Å². The van der Waals surface area contributed by atoms with Gasteiger partial charge in [0.05, 0.1) is 34.5 Å². The van der Waals surface area contributed by atoms with E-state index in [9.17, 15) is 19.3 Å². The van der Waals surface area contributed by atoms with Crippen LogP contribution in [0.1, 0.15) is 11.1 Å². The predicted molar refractivity (Wildman–Crippen MR) is 155 cm³/mol.